The van der Waals surface area contributed by atoms with Crippen molar-refractivity contribution in [1.82, 2.24) is 15.5 Å². The van der Waals surface area contributed by atoms with Crippen LogP contribution in [0.2, 0.25) is 0 Å². The average molecular weight is 396 g/mol. The van der Waals surface area contributed by atoms with Gasteiger partial charge in [0.2, 0.25) is 0 Å². The second-order valence-electron chi connectivity index (χ2n) is 7.90. The van der Waals surface area contributed by atoms with Gasteiger partial charge in [0.15, 0.2) is 17.3 Å². The van der Waals surface area contributed by atoms with E-state index in [2.05, 4.69) is 20.4 Å². The maximum Gasteiger partial charge on any atom is 0.271 e. The third kappa shape index (κ3) is 4.96. The second-order valence-corrected chi connectivity index (χ2v) is 7.90. The Morgan fingerprint density at radius 3 is 2.34 bits per heavy atom. The molecule has 2 aliphatic rings. The van der Waals surface area contributed by atoms with Gasteiger partial charge in [-0.3, -0.25) is 9.59 Å². The molecule has 2 fully saturated rings. The van der Waals surface area contributed by atoms with Gasteiger partial charge in [0.1, 0.15) is 5.82 Å². The maximum atomic E-state index is 13.0. The largest absolute Gasteiger partial charge is 0.355 e. The van der Waals surface area contributed by atoms with Crippen molar-refractivity contribution in [2.75, 3.05) is 24.5 Å². The molecule has 2 aromatic rings. The highest BCUT2D eigenvalue weighted by Crippen LogP contribution is 2.31. The number of amides is 1. The van der Waals surface area contributed by atoms with Gasteiger partial charge >= 0.3 is 0 Å². The number of carbonyl (C=O) groups is 2. The summed E-state index contributed by atoms with van der Waals surface area (Å²) in [5.41, 5.74) is 0.882. The molecule has 152 valence electrons. The summed E-state index contributed by atoms with van der Waals surface area (Å²) in [5, 5.41) is 11.2. The van der Waals surface area contributed by atoms with Crippen LogP contribution in [0, 0.1) is 17.7 Å². The molecule has 0 spiro atoms. The first-order chi connectivity index (χ1) is 14.1. The number of Topliss-reactive ketones (excluding diaryl/α,β-unsaturated/α-hetero) is 1. The quantitative estimate of drug-likeness (QED) is 0.727. The lowest BCUT2D eigenvalue weighted by molar-refractivity contribution is 0.0898. The summed E-state index contributed by atoms with van der Waals surface area (Å²) in [6.45, 7) is 2.07. The molecule has 0 atom stereocenters. The van der Waals surface area contributed by atoms with Crippen molar-refractivity contribution in [3.05, 3.63) is 53.5 Å². The molecular formula is C22H25FN4O2. The first-order valence-electron chi connectivity index (χ1n) is 10.3. The number of piperidine rings is 1. The number of halogens is 1. The Balaban J connectivity index is 1.28. The van der Waals surface area contributed by atoms with Crippen LogP contribution in [0.15, 0.2) is 36.4 Å². The number of carbonyl (C=O) groups excluding carboxylic acids is 2. The number of nitrogens with zero attached hydrogens (tertiary/aromatic N) is 3. The van der Waals surface area contributed by atoms with Crippen molar-refractivity contribution >= 4 is 17.5 Å². The van der Waals surface area contributed by atoms with Crippen LogP contribution in [0.1, 0.15) is 53.0 Å². The van der Waals surface area contributed by atoms with E-state index in [0.717, 1.165) is 12.3 Å². The molecule has 1 saturated carbocycles. The Bertz CT molecular complexity index is 857. The van der Waals surface area contributed by atoms with Crippen LogP contribution < -0.4 is 10.2 Å². The lowest BCUT2D eigenvalue weighted by Crippen LogP contribution is -2.37. The van der Waals surface area contributed by atoms with E-state index >= 15 is 0 Å². The monoisotopic (exact) mass is 396 g/mol. The summed E-state index contributed by atoms with van der Waals surface area (Å²) in [6.07, 6.45) is 5.00. The zero-order valence-corrected chi connectivity index (χ0v) is 16.3. The fourth-order valence-corrected chi connectivity index (χ4v) is 3.72. The van der Waals surface area contributed by atoms with Gasteiger partial charge in [0.25, 0.3) is 5.91 Å². The van der Waals surface area contributed by atoms with Gasteiger partial charge < -0.3 is 10.2 Å². The van der Waals surface area contributed by atoms with Gasteiger partial charge in [0, 0.05) is 31.1 Å². The van der Waals surface area contributed by atoms with E-state index in [9.17, 15) is 14.0 Å². The number of hydrogen-bond acceptors (Lipinski definition) is 5. The highest BCUT2D eigenvalue weighted by molar-refractivity contribution is 5.98. The smallest absolute Gasteiger partial charge is 0.271 e. The number of rotatable bonds is 7. The Hall–Kier alpha value is -2.83. The van der Waals surface area contributed by atoms with Crippen molar-refractivity contribution < 1.29 is 14.0 Å². The van der Waals surface area contributed by atoms with Crippen LogP contribution in [-0.2, 0) is 0 Å². The first kappa shape index (κ1) is 19.5. The van der Waals surface area contributed by atoms with Crippen molar-refractivity contribution in [1.29, 1.82) is 0 Å². The third-order valence-corrected chi connectivity index (χ3v) is 5.74. The van der Waals surface area contributed by atoms with Gasteiger partial charge in [-0.1, -0.05) is 12.8 Å². The van der Waals surface area contributed by atoms with E-state index in [1.165, 1.54) is 25.0 Å². The molecule has 1 aliphatic heterocycles. The lowest BCUT2D eigenvalue weighted by Gasteiger charge is -2.31. The fraction of sp³-hybridized carbons (Fsp3) is 0.455. The number of hydrogen-bond donors (Lipinski definition) is 1. The van der Waals surface area contributed by atoms with Crippen LogP contribution in [0.3, 0.4) is 0 Å². The number of anilines is 1. The van der Waals surface area contributed by atoms with Crippen molar-refractivity contribution in [2.45, 2.75) is 32.1 Å². The van der Waals surface area contributed by atoms with Gasteiger partial charge in [-0.15, -0.1) is 10.2 Å². The SMILES string of the molecule is O=C(NCCC1CC1)c1ccc(N2CCC(C(=O)c3ccc(F)cc3)CC2)nn1. The summed E-state index contributed by atoms with van der Waals surface area (Å²) in [5.74, 6) is 0.965. The minimum atomic E-state index is -0.338. The first-order valence-corrected chi connectivity index (χ1v) is 10.3. The molecule has 7 heteroatoms. The lowest BCUT2D eigenvalue weighted by atomic mass is 9.89. The van der Waals surface area contributed by atoms with E-state index in [4.69, 9.17) is 0 Å². The molecule has 1 saturated heterocycles. The maximum absolute atomic E-state index is 13.0. The van der Waals surface area contributed by atoms with Gasteiger partial charge in [-0.05, 0) is 61.6 Å². The molecule has 2 heterocycles. The van der Waals surface area contributed by atoms with Gasteiger partial charge in [0.05, 0.1) is 0 Å². The summed E-state index contributed by atoms with van der Waals surface area (Å²) >= 11 is 0. The van der Waals surface area contributed by atoms with Crippen LogP contribution >= 0.6 is 0 Å². The predicted molar refractivity (Wildman–Crippen MR) is 107 cm³/mol. The van der Waals surface area contributed by atoms with Gasteiger partial charge in [-0.2, -0.15) is 0 Å². The molecule has 4 rings (SSSR count). The number of ketones is 1. The Morgan fingerprint density at radius 1 is 1.00 bits per heavy atom. The molecule has 1 aromatic carbocycles. The summed E-state index contributed by atoms with van der Waals surface area (Å²) in [4.78, 5) is 26.8. The van der Waals surface area contributed by atoms with E-state index < -0.39 is 0 Å². The Kier molecular flexibility index (Phi) is 5.83. The van der Waals surface area contributed by atoms with Crippen molar-refractivity contribution in [3.8, 4) is 0 Å². The number of benzene rings is 1. The normalized spacial score (nSPS) is 17.2. The van der Waals surface area contributed by atoms with Crippen LogP contribution in [0.5, 0.6) is 0 Å². The van der Waals surface area contributed by atoms with E-state index in [1.807, 2.05) is 6.07 Å². The molecule has 0 unspecified atom stereocenters. The number of nitrogens with one attached hydrogen (secondary N) is 1. The zero-order chi connectivity index (χ0) is 20.2. The van der Waals surface area contributed by atoms with Crippen LogP contribution in [-0.4, -0.2) is 41.5 Å². The Labute approximate surface area is 169 Å². The van der Waals surface area contributed by atoms with E-state index in [0.29, 0.717) is 49.6 Å². The molecule has 1 N–H and O–H groups in total. The van der Waals surface area contributed by atoms with Crippen LogP contribution in [0.4, 0.5) is 10.2 Å². The molecule has 29 heavy (non-hydrogen) atoms. The highest BCUT2D eigenvalue weighted by Gasteiger charge is 2.27. The van der Waals surface area contributed by atoms with Crippen LogP contribution in [0.25, 0.3) is 0 Å². The minimum Gasteiger partial charge on any atom is -0.355 e. The number of aromatic nitrogens is 2. The van der Waals surface area contributed by atoms with Gasteiger partial charge in [-0.25, -0.2) is 4.39 Å². The molecule has 1 aliphatic carbocycles. The third-order valence-electron chi connectivity index (χ3n) is 5.74. The average Bonchev–Trinajstić information content (AvgIpc) is 3.58. The van der Waals surface area contributed by atoms with Crippen molar-refractivity contribution in [3.63, 3.8) is 0 Å². The molecule has 1 aromatic heterocycles. The molecule has 6 nitrogen and oxygen atoms in total. The molecule has 0 radical (unpaired) electrons. The minimum absolute atomic E-state index is 0.0638. The summed E-state index contributed by atoms with van der Waals surface area (Å²) in [7, 11) is 0. The van der Waals surface area contributed by atoms with E-state index in [-0.39, 0.29) is 23.4 Å². The molecular weight excluding hydrogens is 371 g/mol. The molecule has 1 amide bonds. The van der Waals surface area contributed by atoms with Crippen molar-refractivity contribution in [2.24, 2.45) is 11.8 Å². The second kappa shape index (κ2) is 8.68. The summed E-state index contributed by atoms with van der Waals surface area (Å²) < 4.78 is 13.0. The summed E-state index contributed by atoms with van der Waals surface area (Å²) in [6, 6.07) is 9.24. The fourth-order valence-electron chi connectivity index (χ4n) is 3.72. The molecule has 0 bridgehead atoms. The topological polar surface area (TPSA) is 75.2 Å². The predicted octanol–water partition coefficient (Wildman–Crippen LogP) is 3.24. The standard InChI is InChI=1S/C22H25FN4O2/c23-18-5-3-16(4-6-18)21(28)17-10-13-27(14-11-17)20-8-7-19(25-26-20)22(29)24-12-9-15-1-2-15/h3-8,15,17H,1-2,9-14H2,(H,24,29). The van der Waals surface area contributed by atoms with E-state index in [1.54, 1.807) is 18.2 Å². The Morgan fingerprint density at radius 2 is 1.72 bits per heavy atom. The zero-order valence-electron chi connectivity index (χ0n) is 16.3. The highest BCUT2D eigenvalue weighted by atomic mass is 19.1.